The highest BCUT2D eigenvalue weighted by Gasteiger charge is 2.31. The third-order valence-corrected chi connectivity index (χ3v) is 6.69. The Hall–Kier alpha value is -3.15. The number of rotatable bonds is 5. The molecule has 0 saturated heterocycles. The van der Waals surface area contributed by atoms with Crippen LogP contribution in [0.1, 0.15) is 30.4 Å². The first-order chi connectivity index (χ1) is 15.1. The average molecular weight is 421 g/mol. The maximum Gasteiger partial charge on any atom is 0.257 e. The van der Waals surface area contributed by atoms with Crippen molar-refractivity contribution in [1.82, 2.24) is 4.98 Å². The number of benzene rings is 2. The van der Waals surface area contributed by atoms with Gasteiger partial charge in [-0.2, -0.15) is 0 Å². The molecule has 1 aromatic heterocycles. The van der Waals surface area contributed by atoms with E-state index < -0.39 is 0 Å². The molecule has 0 N–H and O–H groups in total. The predicted octanol–water partition coefficient (Wildman–Crippen LogP) is 5.17. The molecule has 0 amide bonds. The molecule has 3 aromatic rings. The SMILES string of the molecule is COc1cc2c(nc1OC)c1c(c3c(OC)c(OC)c(OC)cc32)C=C2CCCC2C1. The van der Waals surface area contributed by atoms with Crippen molar-refractivity contribution < 1.29 is 23.7 Å². The van der Waals surface area contributed by atoms with E-state index in [-0.39, 0.29) is 0 Å². The van der Waals surface area contributed by atoms with Gasteiger partial charge in [-0.05, 0) is 60.2 Å². The van der Waals surface area contributed by atoms with Crippen LogP contribution >= 0.6 is 0 Å². The highest BCUT2D eigenvalue weighted by atomic mass is 16.5. The molecular formula is C25H27NO5. The molecule has 0 spiro atoms. The predicted molar refractivity (Wildman–Crippen MR) is 121 cm³/mol. The van der Waals surface area contributed by atoms with Crippen LogP contribution in [-0.4, -0.2) is 40.5 Å². The van der Waals surface area contributed by atoms with Crippen molar-refractivity contribution in [2.45, 2.75) is 25.7 Å². The Morgan fingerprint density at radius 1 is 0.839 bits per heavy atom. The minimum absolute atomic E-state index is 0.491. The molecule has 0 radical (unpaired) electrons. The quantitative estimate of drug-likeness (QED) is 0.530. The Morgan fingerprint density at radius 3 is 2.26 bits per heavy atom. The minimum Gasteiger partial charge on any atom is -0.493 e. The molecule has 6 heteroatoms. The van der Waals surface area contributed by atoms with E-state index in [1.807, 2.05) is 12.1 Å². The Kier molecular flexibility index (Phi) is 4.80. The Balaban J connectivity index is 2.01. The number of allylic oxidation sites excluding steroid dienone is 1. The van der Waals surface area contributed by atoms with Gasteiger partial charge < -0.3 is 23.7 Å². The summed E-state index contributed by atoms with van der Waals surface area (Å²) in [7, 11) is 8.20. The van der Waals surface area contributed by atoms with E-state index in [1.165, 1.54) is 24.0 Å². The number of fused-ring (bicyclic) bond motifs is 7. The second-order valence-electron chi connectivity index (χ2n) is 8.07. The lowest BCUT2D eigenvalue weighted by molar-refractivity contribution is 0.327. The van der Waals surface area contributed by atoms with Crippen molar-refractivity contribution in [3.63, 3.8) is 0 Å². The molecule has 1 atom stereocenters. The van der Waals surface area contributed by atoms with Crippen LogP contribution < -0.4 is 23.7 Å². The summed E-state index contributed by atoms with van der Waals surface area (Å²) < 4.78 is 28.4. The van der Waals surface area contributed by atoms with Gasteiger partial charge in [0.05, 0.1) is 41.1 Å². The molecule has 31 heavy (non-hydrogen) atoms. The second kappa shape index (κ2) is 7.52. The maximum atomic E-state index is 5.91. The molecule has 2 aliphatic carbocycles. The van der Waals surface area contributed by atoms with Gasteiger partial charge in [0.2, 0.25) is 5.75 Å². The van der Waals surface area contributed by atoms with Crippen molar-refractivity contribution in [2.24, 2.45) is 5.92 Å². The molecule has 6 nitrogen and oxygen atoms in total. The zero-order valence-electron chi connectivity index (χ0n) is 18.6. The molecule has 2 aromatic carbocycles. The van der Waals surface area contributed by atoms with Crippen LogP contribution in [0.4, 0.5) is 0 Å². The highest BCUT2D eigenvalue weighted by molar-refractivity contribution is 6.16. The van der Waals surface area contributed by atoms with Crippen LogP contribution in [0.3, 0.4) is 0 Å². The largest absolute Gasteiger partial charge is 0.493 e. The third-order valence-electron chi connectivity index (χ3n) is 6.69. The fourth-order valence-corrected chi connectivity index (χ4v) is 5.28. The Labute approximate surface area is 181 Å². The van der Waals surface area contributed by atoms with Crippen molar-refractivity contribution in [3.8, 4) is 28.9 Å². The smallest absolute Gasteiger partial charge is 0.257 e. The standard InChI is InChI=1S/C25H27NO5/c1-27-19-11-16-18-12-20(28-2)25(31-5)26-22(18)17-10-14-8-6-7-13(14)9-15(17)21(16)24(30-4)23(19)29-3/h9,11-12,14H,6-8,10H2,1-5H3. The number of aromatic nitrogens is 1. The zero-order chi connectivity index (χ0) is 21.7. The summed E-state index contributed by atoms with van der Waals surface area (Å²) in [6.07, 6.45) is 6.93. The third kappa shape index (κ3) is 2.81. The van der Waals surface area contributed by atoms with Crippen molar-refractivity contribution >= 4 is 27.8 Å². The molecule has 0 bridgehead atoms. The fraction of sp³-hybridized carbons (Fsp3) is 0.400. The first-order valence-corrected chi connectivity index (χ1v) is 10.6. The number of hydrogen-bond donors (Lipinski definition) is 0. The first kappa shape index (κ1) is 19.8. The van der Waals surface area contributed by atoms with Gasteiger partial charge in [-0.25, -0.2) is 4.98 Å². The number of pyridine rings is 1. The highest BCUT2D eigenvalue weighted by Crippen LogP contribution is 2.52. The molecule has 162 valence electrons. The molecule has 0 aliphatic heterocycles. The van der Waals surface area contributed by atoms with Gasteiger partial charge in [-0.1, -0.05) is 11.6 Å². The van der Waals surface area contributed by atoms with Crippen LogP contribution in [-0.2, 0) is 6.42 Å². The topological polar surface area (TPSA) is 59.0 Å². The molecular weight excluding hydrogens is 394 g/mol. The lowest BCUT2D eigenvalue weighted by atomic mass is 9.81. The van der Waals surface area contributed by atoms with Crippen molar-refractivity contribution in [3.05, 3.63) is 28.8 Å². The van der Waals surface area contributed by atoms with E-state index in [4.69, 9.17) is 28.7 Å². The van der Waals surface area contributed by atoms with E-state index in [1.54, 1.807) is 35.5 Å². The summed E-state index contributed by atoms with van der Waals surface area (Å²) >= 11 is 0. The van der Waals surface area contributed by atoms with Gasteiger partial charge in [0.1, 0.15) is 0 Å². The van der Waals surface area contributed by atoms with Gasteiger partial charge >= 0.3 is 0 Å². The van der Waals surface area contributed by atoms with E-state index in [2.05, 4.69) is 6.08 Å². The number of methoxy groups -OCH3 is 5. The van der Waals surface area contributed by atoms with E-state index in [0.717, 1.165) is 40.1 Å². The fourth-order valence-electron chi connectivity index (χ4n) is 5.28. The second-order valence-corrected chi connectivity index (χ2v) is 8.07. The first-order valence-electron chi connectivity index (χ1n) is 10.6. The van der Waals surface area contributed by atoms with Gasteiger partial charge in [0.25, 0.3) is 5.88 Å². The molecule has 5 rings (SSSR count). The van der Waals surface area contributed by atoms with Crippen LogP contribution in [0, 0.1) is 5.92 Å². The number of hydrogen-bond acceptors (Lipinski definition) is 6. The van der Waals surface area contributed by atoms with Gasteiger partial charge in [-0.15, -0.1) is 0 Å². The number of ether oxygens (including phenoxy) is 5. The maximum absolute atomic E-state index is 5.91. The average Bonchev–Trinajstić information content (AvgIpc) is 3.28. The lowest BCUT2D eigenvalue weighted by Gasteiger charge is -2.26. The summed E-state index contributed by atoms with van der Waals surface area (Å²) in [6.45, 7) is 0. The van der Waals surface area contributed by atoms with Crippen molar-refractivity contribution in [1.29, 1.82) is 0 Å². The molecule has 1 fully saturated rings. The summed E-state index contributed by atoms with van der Waals surface area (Å²) in [5.74, 6) is 3.56. The summed E-state index contributed by atoms with van der Waals surface area (Å²) in [6, 6.07) is 4.01. The van der Waals surface area contributed by atoms with Crippen molar-refractivity contribution in [2.75, 3.05) is 35.5 Å². The van der Waals surface area contributed by atoms with E-state index in [0.29, 0.717) is 34.8 Å². The van der Waals surface area contributed by atoms with E-state index in [9.17, 15) is 0 Å². The Bertz CT molecular complexity index is 1230. The van der Waals surface area contributed by atoms with Crippen LogP contribution in [0.2, 0.25) is 0 Å². The monoisotopic (exact) mass is 421 g/mol. The minimum atomic E-state index is 0.491. The summed E-state index contributed by atoms with van der Waals surface area (Å²) in [5.41, 5.74) is 4.85. The van der Waals surface area contributed by atoms with E-state index >= 15 is 0 Å². The normalized spacial score (nSPS) is 17.2. The summed E-state index contributed by atoms with van der Waals surface area (Å²) in [5, 5.41) is 3.00. The molecule has 2 aliphatic rings. The van der Waals surface area contributed by atoms with Crippen LogP contribution in [0.15, 0.2) is 17.7 Å². The van der Waals surface area contributed by atoms with Crippen LogP contribution in [0.25, 0.3) is 27.8 Å². The van der Waals surface area contributed by atoms with Crippen LogP contribution in [0.5, 0.6) is 28.9 Å². The van der Waals surface area contributed by atoms with Gasteiger partial charge in [0, 0.05) is 10.8 Å². The van der Waals surface area contributed by atoms with Gasteiger partial charge in [-0.3, -0.25) is 0 Å². The zero-order valence-corrected chi connectivity index (χ0v) is 18.6. The lowest BCUT2D eigenvalue weighted by Crippen LogP contribution is -2.11. The van der Waals surface area contributed by atoms with Gasteiger partial charge in [0.15, 0.2) is 17.2 Å². The Morgan fingerprint density at radius 2 is 1.58 bits per heavy atom. The molecule has 1 saturated carbocycles. The molecule has 1 heterocycles. The summed E-state index contributed by atoms with van der Waals surface area (Å²) in [4.78, 5) is 4.91. The molecule has 1 unspecified atom stereocenters. The number of nitrogens with zero attached hydrogens (tertiary/aromatic N) is 1.